The molecule has 0 spiro atoms. The van der Waals surface area contributed by atoms with E-state index in [2.05, 4.69) is 15.6 Å². The Morgan fingerprint density at radius 2 is 2.00 bits per heavy atom. The Hall–Kier alpha value is -2.43. The summed E-state index contributed by atoms with van der Waals surface area (Å²) in [6.45, 7) is 2.90. The summed E-state index contributed by atoms with van der Waals surface area (Å²) in [5.41, 5.74) is 1.67. The van der Waals surface area contributed by atoms with Crippen molar-refractivity contribution in [1.29, 1.82) is 0 Å². The van der Waals surface area contributed by atoms with Gasteiger partial charge in [0, 0.05) is 25.5 Å². The summed E-state index contributed by atoms with van der Waals surface area (Å²) in [7, 11) is 0. The standard InChI is InChI=1S/C16H18FN3O/c1-2-19-15-13(4-3-5-14(15)17)16(21)20-11-8-12-6-9-18-10-7-12/h3-7,9-10,19H,2,8,11H2,1H3,(H,20,21). The Morgan fingerprint density at radius 1 is 1.24 bits per heavy atom. The predicted molar refractivity (Wildman–Crippen MR) is 80.8 cm³/mol. The van der Waals surface area contributed by atoms with Gasteiger partial charge in [0.05, 0.1) is 11.3 Å². The van der Waals surface area contributed by atoms with Gasteiger partial charge < -0.3 is 10.6 Å². The summed E-state index contributed by atoms with van der Waals surface area (Å²) in [5, 5.41) is 5.70. The van der Waals surface area contributed by atoms with Crippen LogP contribution in [-0.2, 0) is 6.42 Å². The van der Waals surface area contributed by atoms with Gasteiger partial charge in [-0.05, 0) is 43.2 Å². The highest BCUT2D eigenvalue weighted by Gasteiger charge is 2.13. The lowest BCUT2D eigenvalue weighted by Crippen LogP contribution is -2.27. The summed E-state index contributed by atoms with van der Waals surface area (Å²) >= 11 is 0. The van der Waals surface area contributed by atoms with Gasteiger partial charge in [0.15, 0.2) is 0 Å². The van der Waals surface area contributed by atoms with E-state index < -0.39 is 5.82 Å². The largest absolute Gasteiger partial charge is 0.382 e. The third kappa shape index (κ3) is 4.02. The number of anilines is 1. The first-order chi connectivity index (χ1) is 10.2. The molecule has 2 rings (SSSR count). The fourth-order valence-corrected chi connectivity index (χ4v) is 2.03. The van der Waals surface area contributed by atoms with Crippen LogP contribution in [0.3, 0.4) is 0 Å². The molecule has 1 aromatic carbocycles. The Bertz CT molecular complexity index is 602. The molecule has 2 aromatic rings. The minimum Gasteiger partial charge on any atom is -0.382 e. The maximum atomic E-state index is 13.7. The van der Waals surface area contributed by atoms with Crippen molar-refractivity contribution >= 4 is 11.6 Å². The minimum atomic E-state index is -0.418. The van der Waals surface area contributed by atoms with Crippen LogP contribution in [0.1, 0.15) is 22.8 Å². The number of aromatic nitrogens is 1. The number of hydrogen-bond acceptors (Lipinski definition) is 3. The monoisotopic (exact) mass is 287 g/mol. The molecule has 0 aliphatic rings. The minimum absolute atomic E-state index is 0.251. The van der Waals surface area contributed by atoms with E-state index in [1.807, 2.05) is 19.1 Å². The van der Waals surface area contributed by atoms with Crippen LogP contribution in [0.25, 0.3) is 0 Å². The number of para-hydroxylation sites is 1. The van der Waals surface area contributed by atoms with E-state index in [4.69, 9.17) is 0 Å². The lowest BCUT2D eigenvalue weighted by Gasteiger charge is -2.12. The number of halogens is 1. The van der Waals surface area contributed by atoms with E-state index in [-0.39, 0.29) is 11.6 Å². The zero-order valence-electron chi connectivity index (χ0n) is 11.9. The zero-order chi connectivity index (χ0) is 15.1. The number of nitrogens with one attached hydrogen (secondary N) is 2. The molecule has 0 radical (unpaired) electrons. The van der Waals surface area contributed by atoms with Crippen LogP contribution in [0.4, 0.5) is 10.1 Å². The average Bonchev–Trinajstić information content (AvgIpc) is 2.50. The molecule has 0 saturated carbocycles. The van der Waals surface area contributed by atoms with Crippen molar-refractivity contribution in [2.45, 2.75) is 13.3 Å². The van der Waals surface area contributed by atoms with Crippen molar-refractivity contribution in [3.05, 3.63) is 59.7 Å². The van der Waals surface area contributed by atoms with Crippen LogP contribution in [0, 0.1) is 5.82 Å². The van der Waals surface area contributed by atoms with Gasteiger partial charge in [-0.25, -0.2) is 4.39 Å². The van der Waals surface area contributed by atoms with Crippen LogP contribution in [0.2, 0.25) is 0 Å². The first-order valence-corrected chi connectivity index (χ1v) is 6.92. The fraction of sp³-hybridized carbons (Fsp3) is 0.250. The van der Waals surface area contributed by atoms with Crippen molar-refractivity contribution in [3.63, 3.8) is 0 Å². The van der Waals surface area contributed by atoms with Crippen LogP contribution in [0.5, 0.6) is 0 Å². The lowest BCUT2D eigenvalue weighted by molar-refractivity contribution is 0.0954. The Kier molecular flexibility index (Phi) is 5.26. The highest BCUT2D eigenvalue weighted by Crippen LogP contribution is 2.19. The maximum absolute atomic E-state index is 13.7. The number of carbonyl (C=O) groups is 1. The molecular formula is C16H18FN3O. The van der Waals surface area contributed by atoms with Crippen molar-refractivity contribution in [3.8, 4) is 0 Å². The fourth-order valence-electron chi connectivity index (χ4n) is 2.03. The van der Waals surface area contributed by atoms with Gasteiger partial charge in [0.2, 0.25) is 0 Å². The van der Waals surface area contributed by atoms with Crippen molar-refractivity contribution in [2.24, 2.45) is 0 Å². The molecule has 0 saturated heterocycles. The van der Waals surface area contributed by atoms with Gasteiger partial charge in [-0.1, -0.05) is 6.07 Å². The van der Waals surface area contributed by atoms with E-state index in [9.17, 15) is 9.18 Å². The first kappa shape index (κ1) is 15.0. The molecule has 21 heavy (non-hydrogen) atoms. The molecule has 1 heterocycles. The molecular weight excluding hydrogens is 269 g/mol. The van der Waals surface area contributed by atoms with Crippen LogP contribution < -0.4 is 10.6 Å². The highest BCUT2D eigenvalue weighted by atomic mass is 19.1. The Labute approximate surface area is 123 Å². The topological polar surface area (TPSA) is 54.0 Å². The number of pyridine rings is 1. The third-order valence-electron chi connectivity index (χ3n) is 3.06. The molecule has 110 valence electrons. The zero-order valence-corrected chi connectivity index (χ0v) is 11.9. The summed E-state index contributed by atoms with van der Waals surface area (Å²) < 4.78 is 13.7. The van der Waals surface area contributed by atoms with Gasteiger partial charge in [-0.2, -0.15) is 0 Å². The van der Waals surface area contributed by atoms with Gasteiger partial charge in [0.1, 0.15) is 5.82 Å². The molecule has 0 aliphatic carbocycles. The van der Waals surface area contributed by atoms with Gasteiger partial charge in [-0.3, -0.25) is 9.78 Å². The van der Waals surface area contributed by atoms with Crippen molar-refractivity contribution in [2.75, 3.05) is 18.4 Å². The van der Waals surface area contributed by atoms with Crippen LogP contribution in [0.15, 0.2) is 42.7 Å². The normalized spacial score (nSPS) is 10.2. The van der Waals surface area contributed by atoms with Crippen molar-refractivity contribution in [1.82, 2.24) is 10.3 Å². The number of rotatable bonds is 6. The van der Waals surface area contributed by atoms with Gasteiger partial charge in [0.25, 0.3) is 5.91 Å². The summed E-state index contributed by atoms with van der Waals surface area (Å²) in [6, 6.07) is 8.29. The second-order valence-corrected chi connectivity index (χ2v) is 4.55. The van der Waals surface area contributed by atoms with Gasteiger partial charge in [-0.15, -0.1) is 0 Å². The predicted octanol–water partition coefficient (Wildman–Crippen LogP) is 2.63. The Morgan fingerprint density at radius 3 is 2.71 bits per heavy atom. The molecule has 0 fully saturated rings. The van der Waals surface area contributed by atoms with Crippen molar-refractivity contribution < 1.29 is 9.18 Å². The van der Waals surface area contributed by atoms with Crippen LogP contribution in [-0.4, -0.2) is 24.0 Å². The van der Waals surface area contributed by atoms with Crippen LogP contribution >= 0.6 is 0 Å². The summed E-state index contributed by atoms with van der Waals surface area (Å²) in [5.74, 6) is -0.696. The molecule has 5 heteroatoms. The van der Waals surface area contributed by atoms with E-state index in [1.165, 1.54) is 12.1 Å². The highest BCUT2D eigenvalue weighted by molar-refractivity contribution is 5.99. The molecule has 2 N–H and O–H groups in total. The molecule has 0 bridgehead atoms. The SMILES string of the molecule is CCNc1c(F)cccc1C(=O)NCCc1ccncc1. The second kappa shape index (κ2) is 7.38. The molecule has 4 nitrogen and oxygen atoms in total. The number of hydrogen-bond donors (Lipinski definition) is 2. The summed E-state index contributed by atoms with van der Waals surface area (Å²) in [6.07, 6.45) is 4.14. The number of nitrogens with zero attached hydrogens (tertiary/aromatic N) is 1. The first-order valence-electron chi connectivity index (χ1n) is 6.92. The molecule has 0 aliphatic heterocycles. The molecule has 1 amide bonds. The quantitative estimate of drug-likeness (QED) is 0.858. The van der Waals surface area contributed by atoms with Gasteiger partial charge >= 0.3 is 0 Å². The molecule has 0 unspecified atom stereocenters. The number of amides is 1. The lowest BCUT2D eigenvalue weighted by atomic mass is 10.1. The van der Waals surface area contributed by atoms with E-state index in [0.717, 1.165) is 5.56 Å². The molecule has 1 aromatic heterocycles. The molecule has 0 atom stereocenters. The van der Waals surface area contributed by atoms with E-state index >= 15 is 0 Å². The second-order valence-electron chi connectivity index (χ2n) is 4.55. The third-order valence-corrected chi connectivity index (χ3v) is 3.06. The number of carbonyl (C=O) groups excluding carboxylic acids is 1. The maximum Gasteiger partial charge on any atom is 0.253 e. The van der Waals surface area contributed by atoms with E-state index in [1.54, 1.807) is 18.5 Å². The van der Waals surface area contributed by atoms with E-state index in [0.29, 0.717) is 25.1 Å². The Balaban J connectivity index is 1.99. The average molecular weight is 287 g/mol. The number of benzene rings is 1. The summed E-state index contributed by atoms with van der Waals surface area (Å²) in [4.78, 5) is 16.1. The smallest absolute Gasteiger partial charge is 0.253 e.